The number of carbonyl (C=O) groups excluding carboxylic acids is 1. The van der Waals surface area contributed by atoms with Crippen molar-refractivity contribution in [3.63, 3.8) is 0 Å². The first-order valence-electron chi connectivity index (χ1n) is 1.84. The van der Waals surface area contributed by atoms with Crippen LogP contribution in [0, 0.1) is 6.26 Å². The van der Waals surface area contributed by atoms with Gasteiger partial charge >= 0.3 is 0 Å². The van der Waals surface area contributed by atoms with Gasteiger partial charge in [-0.15, -0.1) is 0 Å². The highest BCUT2D eigenvalue weighted by Crippen LogP contribution is 1.91. The molecule has 0 fully saturated rings. The van der Waals surface area contributed by atoms with Crippen molar-refractivity contribution in [1.82, 2.24) is 0 Å². The van der Waals surface area contributed by atoms with Crippen molar-refractivity contribution in [2.24, 2.45) is 0 Å². The molecule has 0 atom stereocenters. The molecule has 35 valence electrons. The molecule has 1 radical (unpaired) electrons. The van der Waals surface area contributed by atoms with E-state index < -0.39 is 0 Å². The van der Waals surface area contributed by atoms with Gasteiger partial charge in [0.25, 0.3) is 0 Å². The molecular formula is C5H3O2. The second kappa shape index (κ2) is 1.60. The van der Waals surface area contributed by atoms with E-state index in [4.69, 9.17) is 0 Å². The normalized spacial score (nSPS) is 8.57. The molecule has 0 aliphatic carbocycles. The molecule has 0 unspecified atom stereocenters. The number of carbonyl (C=O) groups is 1. The van der Waals surface area contributed by atoms with E-state index in [0.29, 0.717) is 12.0 Å². The molecule has 2 nitrogen and oxygen atoms in total. The van der Waals surface area contributed by atoms with Crippen LogP contribution >= 0.6 is 0 Å². The summed E-state index contributed by atoms with van der Waals surface area (Å²) in [5.74, 6) is 0.319. The zero-order chi connectivity index (χ0) is 5.11. The molecule has 0 aromatic carbocycles. The van der Waals surface area contributed by atoms with E-state index in [0.717, 1.165) is 0 Å². The highest BCUT2D eigenvalue weighted by Gasteiger charge is 1.85. The Kier molecular flexibility index (Phi) is 0.941. The molecule has 0 saturated carbocycles. The van der Waals surface area contributed by atoms with Crippen LogP contribution in [0.3, 0.4) is 0 Å². The van der Waals surface area contributed by atoms with E-state index in [2.05, 4.69) is 10.7 Å². The maximum absolute atomic E-state index is 9.75. The first-order chi connectivity index (χ1) is 3.43. The van der Waals surface area contributed by atoms with E-state index in [1.54, 1.807) is 12.1 Å². The van der Waals surface area contributed by atoms with Crippen LogP contribution in [0.15, 0.2) is 16.5 Å². The third-order valence-corrected chi connectivity index (χ3v) is 0.609. The molecule has 0 amide bonds. The SMILES string of the molecule is O=Cc1cc[c]o1. The molecule has 1 heterocycles. The molecule has 1 aromatic heterocycles. The molecule has 0 aliphatic rings. The van der Waals surface area contributed by atoms with Crippen LogP contribution in [0.2, 0.25) is 0 Å². The highest BCUT2D eigenvalue weighted by atomic mass is 16.3. The average Bonchev–Trinajstić information content (AvgIpc) is 2.14. The molecule has 2 heteroatoms. The third kappa shape index (κ3) is 0.682. The number of rotatable bonds is 1. The van der Waals surface area contributed by atoms with Gasteiger partial charge in [-0.2, -0.15) is 0 Å². The van der Waals surface area contributed by atoms with E-state index >= 15 is 0 Å². The lowest BCUT2D eigenvalue weighted by atomic mass is 10.5. The Hall–Kier alpha value is -1.05. The van der Waals surface area contributed by atoms with E-state index in [1.165, 1.54) is 0 Å². The second-order valence-electron chi connectivity index (χ2n) is 1.07. The molecule has 0 saturated heterocycles. The van der Waals surface area contributed by atoms with Crippen LogP contribution in [0.1, 0.15) is 10.6 Å². The smallest absolute Gasteiger partial charge is 0.185 e. The van der Waals surface area contributed by atoms with Crippen LogP contribution in [-0.2, 0) is 0 Å². The van der Waals surface area contributed by atoms with Crippen molar-refractivity contribution < 1.29 is 9.21 Å². The van der Waals surface area contributed by atoms with Crippen molar-refractivity contribution in [3.05, 3.63) is 24.2 Å². The van der Waals surface area contributed by atoms with Gasteiger partial charge in [-0.1, -0.05) is 0 Å². The summed E-state index contributed by atoms with van der Waals surface area (Å²) in [6, 6.07) is 3.09. The fraction of sp³-hybridized carbons (Fsp3) is 0. The topological polar surface area (TPSA) is 30.2 Å². The van der Waals surface area contributed by atoms with E-state index in [-0.39, 0.29) is 0 Å². The summed E-state index contributed by atoms with van der Waals surface area (Å²) in [5, 5.41) is 0. The standard InChI is InChI=1S/C5H3O2/c6-4-5-2-1-3-7-5/h1-2,4H. The van der Waals surface area contributed by atoms with Gasteiger partial charge in [0.05, 0.1) is 0 Å². The van der Waals surface area contributed by atoms with Crippen LogP contribution in [0.5, 0.6) is 0 Å². The Bertz CT molecular complexity index is 141. The molecule has 1 aromatic rings. The maximum Gasteiger partial charge on any atom is 0.185 e. The monoisotopic (exact) mass is 95.0 g/mol. The van der Waals surface area contributed by atoms with Gasteiger partial charge in [0.15, 0.2) is 18.3 Å². The predicted molar refractivity (Wildman–Crippen MR) is 22.9 cm³/mol. The molecule has 0 aliphatic heterocycles. The summed E-state index contributed by atoms with van der Waals surface area (Å²) < 4.78 is 4.49. The summed E-state index contributed by atoms with van der Waals surface area (Å²) in [5.41, 5.74) is 0. The molecule has 0 N–H and O–H groups in total. The minimum Gasteiger partial charge on any atom is -0.450 e. The van der Waals surface area contributed by atoms with Crippen molar-refractivity contribution in [2.45, 2.75) is 0 Å². The van der Waals surface area contributed by atoms with E-state index in [1.807, 2.05) is 0 Å². The lowest BCUT2D eigenvalue weighted by Gasteiger charge is -1.68. The lowest BCUT2D eigenvalue weighted by molar-refractivity contribution is 0.110. The Morgan fingerprint density at radius 3 is 3.00 bits per heavy atom. The van der Waals surface area contributed by atoms with Gasteiger partial charge in [-0.3, -0.25) is 4.79 Å². The minimum absolute atomic E-state index is 0.319. The van der Waals surface area contributed by atoms with Gasteiger partial charge in [-0.25, -0.2) is 0 Å². The van der Waals surface area contributed by atoms with Gasteiger partial charge in [0, 0.05) is 0 Å². The van der Waals surface area contributed by atoms with Gasteiger partial charge in [-0.05, 0) is 12.1 Å². The fourth-order valence-electron chi connectivity index (χ4n) is 0.316. The van der Waals surface area contributed by atoms with Crippen LogP contribution in [-0.4, -0.2) is 6.29 Å². The van der Waals surface area contributed by atoms with Gasteiger partial charge < -0.3 is 4.42 Å². The van der Waals surface area contributed by atoms with Gasteiger partial charge in [0.2, 0.25) is 0 Å². The quantitative estimate of drug-likeness (QED) is 0.485. The minimum atomic E-state index is 0.319. The highest BCUT2D eigenvalue weighted by molar-refractivity contribution is 5.69. The average molecular weight is 95.1 g/mol. The van der Waals surface area contributed by atoms with Crippen molar-refractivity contribution >= 4 is 6.29 Å². The molecule has 1 rings (SSSR count). The predicted octanol–water partition coefficient (Wildman–Crippen LogP) is 0.892. The van der Waals surface area contributed by atoms with Crippen LogP contribution < -0.4 is 0 Å². The Balaban J connectivity index is 2.96. The molecule has 7 heavy (non-hydrogen) atoms. The van der Waals surface area contributed by atoms with Crippen LogP contribution in [0.4, 0.5) is 0 Å². The molecule has 0 bridgehead atoms. The Labute approximate surface area is 40.8 Å². The van der Waals surface area contributed by atoms with E-state index in [9.17, 15) is 4.79 Å². The summed E-state index contributed by atoms with van der Waals surface area (Å²) in [6.07, 6.45) is 3.01. The first kappa shape index (κ1) is 4.12. The summed E-state index contributed by atoms with van der Waals surface area (Å²) in [7, 11) is 0. The van der Waals surface area contributed by atoms with Gasteiger partial charge in [0.1, 0.15) is 0 Å². The summed E-state index contributed by atoms with van der Waals surface area (Å²) in [6.45, 7) is 0. The second-order valence-corrected chi connectivity index (χ2v) is 1.07. The Morgan fingerprint density at radius 2 is 2.71 bits per heavy atom. The Morgan fingerprint density at radius 1 is 1.86 bits per heavy atom. The number of hydrogen-bond donors (Lipinski definition) is 0. The lowest BCUT2D eigenvalue weighted by Crippen LogP contribution is -1.65. The zero-order valence-corrected chi connectivity index (χ0v) is 3.55. The molecular weight excluding hydrogens is 92.1 g/mol. The van der Waals surface area contributed by atoms with Crippen molar-refractivity contribution in [3.8, 4) is 0 Å². The first-order valence-corrected chi connectivity index (χ1v) is 1.84. The molecule has 0 spiro atoms. The number of hydrogen-bond acceptors (Lipinski definition) is 2. The third-order valence-electron chi connectivity index (χ3n) is 0.609. The fourth-order valence-corrected chi connectivity index (χ4v) is 0.316. The largest absolute Gasteiger partial charge is 0.450 e. The van der Waals surface area contributed by atoms with Crippen molar-refractivity contribution in [1.29, 1.82) is 0 Å². The summed E-state index contributed by atoms with van der Waals surface area (Å²) in [4.78, 5) is 9.75. The zero-order valence-electron chi connectivity index (χ0n) is 3.55. The number of aldehydes is 1. The summed E-state index contributed by atoms with van der Waals surface area (Å²) >= 11 is 0. The maximum atomic E-state index is 9.75. The van der Waals surface area contributed by atoms with Crippen LogP contribution in [0.25, 0.3) is 0 Å². The van der Waals surface area contributed by atoms with Crippen molar-refractivity contribution in [2.75, 3.05) is 0 Å². The number of furan rings is 1.